The fourth-order valence-corrected chi connectivity index (χ4v) is 6.24. The van der Waals surface area contributed by atoms with Crippen LogP contribution in [0.1, 0.15) is 41.5 Å². The van der Waals surface area contributed by atoms with Crippen molar-refractivity contribution in [1.29, 1.82) is 0 Å². The molecule has 1 fully saturated rings. The lowest BCUT2D eigenvalue weighted by atomic mass is 9.87. The van der Waals surface area contributed by atoms with Gasteiger partial charge in [0.2, 0.25) is 0 Å². The molecule has 4 aromatic carbocycles. The maximum absolute atomic E-state index is 11.8. The molecule has 1 unspecified atom stereocenters. The number of carboxylic acids is 1. The van der Waals surface area contributed by atoms with Crippen LogP contribution in [0, 0.1) is 13.8 Å². The average molecular weight is 566 g/mol. The lowest BCUT2D eigenvalue weighted by Gasteiger charge is -2.33. The van der Waals surface area contributed by atoms with E-state index in [1.807, 2.05) is 18.2 Å². The van der Waals surface area contributed by atoms with Gasteiger partial charge in [-0.15, -0.1) is 0 Å². The van der Waals surface area contributed by atoms with Gasteiger partial charge in [0.05, 0.1) is 20.8 Å². The molecule has 0 amide bonds. The van der Waals surface area contributed by atoms with E-state index in [1.54, 1.807) is 14.2 Å². The van der Waals surface area contributed by atoms with Crippen LogP contribution in [-0.4, -0.2) is 47.9 Å². The first-order chi connectivity index (χ1) is 20.4. The second-order valence-corrected chi connectivity index (χ2v) is 11.0. The van der Waals surface area contributed by atoms with Crippen molar-refractivity contribution >= 4 is 5.97 Å². The number of benzene rings is 4. The number of ether oxygens (including phenoxy) is 2. The maximum atomic E-state index is 11.8. The second kappa shape index (κ2) is 12.8. The SMILES string of the molecule is COc1cc(-c2cccc(-c3cccc(-c4ccc(CN5CCCCC5C(=O)O)c(OC)c4)c3C)c2C)ccc1CO. The van der Waals surface area contributed by atoms with Gasteiger partial charge in [0.25, 0.3) is 0 Å². The molecule has 42 heavy (non-hydrogen) atoms. The molecule has 1 atom stereocenters. The van der Waals surface area contributed by atoms with E-state index in [2.05, 4.69) is 73.3 Å². The quantitative estimate of drug-likeness (QED) is 0.223. The molecule has 0 radical (unpaired) electrons. The molecule has 0 aliphatic carbocycles. The molecule has 1 aliphatic heterocycles. The van der Waals surface area contributed by atoms with Gasteiger partial charge in [0.1, 0.15) is 17.5 Å². The summed E-state index contributed by atoms with van der Waals surface area (Å²) in [6.07, 6.45) is 2.65. The van der Waals surface area contributed by atoms with Gasteiger partial charge in [0, 0.05) is 17.7 Å². The molecule has 0 aromatic heterocycles. The minimum Gasteiger partial charge on any atom is -0.496 e. The number of rotatable bonds is 9. The van der Waals surface area contributed by atoms with Crippen molar-refractivity contribution in [3.05, 3.63) is 95.1 Å². The number of carbonyl (C=O) groups is 1. The van der Waals surface area contributed by atoms with Gasteiger partial charge in [-0.2, -0.15) is 0 Å². The summed E-state index contributed by atoms with van der Waals surface area (Å²) < 4.78 is 11.3. The third kappa shape index (κ3) is 5.78. The van der Waals surface area contributed by atoms with E-state index in [1.165, 1.54) is 11.1 Å². The van der Waals surface area contributed by atoms with Gasteiger partial charge in [-0.1, -0.05) is 67.1 Å². The topological polar surface area (TPSA) is 79.2 Å². The molecule has 1 saturated heterocycles. The summed E-state index contributed by atoms with van der Waals surface area (Å²) in [5.74, 6) is 0.693. The highest BCUT2D eigenvalue weighted by molar-refractivity contribution is 5.84. The van der Waals surface area contributed by atoms with Crippen molar-refractivity contribution in [1.82, 2.24) is 4.90 Å². The van der Waals surface area contributed by atoms with E-state index in [-0.39, 0.29) is 6.61 Å². The van der Waals surface area contributed by atoms with Crippen LogP contribution in [0.5, 0.6) is 11.5 Å². The fraction of sp³-hybridized carbons (Fsp3) is 0.306. The zero-order valence-electron chi connectivity index (χ0n) is 24.8. The summed E-state index contributed by atoms with van der Waals surface area (Å²) in [5.41, 5.74) is 10.7. The van der Waals surface area contributed by atoms with E-state index in [4.69, 9.17) is 9.47 Å². The number of aliphatic hydroxyl groups excluding tert-OH is 1. The number of carboxylic acid groups (broad SMARTS) is 1. The van der Waals surface area contributed by atoms with Gasteiger partial charge in [-0.25, -0.2) is 0 Å². The first-order valence-electron chi connectivity index (χ1n) is 14.5. The highest BCUT2D eigenvalue weighted by Crippen LogP contribution is 2.39. The highest BCUT2D eigenvalue weighted by atomic mass is 16.5. The van der Waals surface area contributed by atoms with Crippen LogP contribution in [0.4, 0.5) is 0 Å². The predicted molar refractivity (Wildman–Crippen MR) is 167 cm³/mol. The lowest BCUT2D eigenvalue weighted by Crippen LogP contribution is -2.44. The highest BCUT2D eigenvalue weighted by Gasteiger charge is 2.29. The van der Waals surface area contributed by atoms with Crippen LogP contribution in [0.3, 0.4) is 0 Å². The third-order valence-electron chi connectivity index (χ3n) is 8.60. The monoisotopic (exact) mass is 565 g/mol. The Hall–Kier alpha value is -4.13. The van der Waals surface area contributed by atoms with Crippen molar-refractivity contribution in [2.75, 3.05) is 20.8 Å². The van der Waals surface area contributed by atoms with E-state index in [0.717, 1.165) is 69.6 Å². The Balaban J connectivity index is 1.49. The molecule has 4 aromatic rings. The largest absolute Gasteiger partial charge is 0.496 e. The van der Waals surface area contributed by atoms with Crippen LogP contribution in [-0.2, 0) is 17.9 Å². The maximum Gasteiger partial charge on any atom is 0.320 e. The molecule has 0 saturated carbocycles. The number of likely N-dealkylation sites (tertiary alicyclic amines) is 1. The molecular formula is C36H39NO5. The molecule has 6 heteroatoms. The van der Waals surface area contributed by atoms with Crippen molar-refractivity contribution < 1.29 is 24.5 Å². The van der Waals surface area contributed by atoms with Crippen molar-refractivity contribution in [3.63, 3.8) is 0 Å². The molecule has 218 valence electrons. The van der Waals surface area contributed by atoms with Crippen LogP contribution >= 0.6 is 0 Å². The summed E-state index contributed by atoms with van der Waals surface area (Å²) in [6, 6.07) is 24.5. The number of hydrogen-bond acceptors (Lipinski definition) is 5. The molecule has 2 N–H and O–H groups in total. The zero-order valence-corrected chi connectivity index (χ0v) is 24.8. The van der Waals surface area contributed by atoms with E-state index in [0.29, 0.717) is 18.7 Å². The Labute approximate surface area is 248 Å². The van der Waals surface area contributed by atoms with E-state index in [9.17, 15) is 15.0 Å². The second-order valence-electron chi connectivity index (χ2n) is 11.0. The Morgan fingerprint density at radius 2 is 1.31 bits per heavy atom. The van der Waals surface area contributed by atoms with Crippen molar-refractivity contribution in [2.24, 2.45) is 0 Å². The molecule has 5 rings (SSSR count). The van der Waals surface area contributed by atoms with E-state index < -0.39 is 12.0 Å². The number of piperidine rings is 1. The van der Waals surface area contributed by atoms with Crippen LogP contribution < -0.4 is 9.47 Å². The van der Waals surface area contributed by atoms with Gasteiger partial charge in [-0.05, 0) is 89.9 Å². The molecule has 0 bridgehead atoms. The first-order valence-corrected chi connectivity index (χ1v) is 14.5. The standard InChI is InChI=1S/C36H39NO5/c1-23-29(25-14-16-27(34(19-25)41-3)21-37-18-6-5-13-33(37)36(39)40)9-7-11-31(23)32-12-8-10-30(24(32)2)26-15-17-28(22-38)35(20-26)42-4/h7-12,14-17,19-20,33,38H,5-6,13,18,21-22H2,1-4H3,(H,39,40). The number of aliphatic carboxylic acids is 1. The summed E-state index contributed by atoms with van der Waals surface area (Å²) in [7, 11) is 3.30. The van der Waals surface area contributed by atoms with Gasteiger partial charge in [0.15, 0.2) is 0 Å². The first kappa shape index (κ1) is 29.4. The smallest absolute Gasteiger partial charge is 0.320 e. The minimum absolute atomic E-state index is 0.0681. The molecular weight excluding hydrogens is 526 g/mol. The van der Waals surface area contributed by atoms with Gasteiger partial charge >= 0.3 is 5.97 Å². The van der Waals surface area contributed by atoms with Gasteiger partial charge < -0.3 is 19.7 Å². The fourth-order valence-electron chi connectivity index (χ4n) is 6.24. The minimum atomic E-state index is -0.751. The Bertz CT molecular complexity index is 1590. The summed E-state index contributed by atoms with van der Waals surface area (Å²) in [4.78, 5) is 13.9. The lowest BCUT2D eigenvalue weighted by molar-refractivity contribution is -0.144. The molecule has 1 heterocycles. The van der Waals surface area contributed by atoms with Crippen molar-refractivity contribution in [2.45, 2.75) is 52.3 Å². The average Bonchev–Trinajstić information content (AvgIpc) is 3.01. The number of methoxy groups -OCH3 is 2. The Morgan fingerprint density at radius 1 is 0.786 bits per heavy atom. The zero-order chi connectivity index (χ0) is 29.8. The summed E-state index contributed by atoms with van der Waals surface area (Å²) in [5, 5.41) is 19.4. The number of hydrogen-bond donors (Lipinski definition) is 2. The van der Waals surface area contributed by atoms with E-state index >= 15 is 0 Å². The summed E-state index contributed by atoms with van der Waals surface area (Å²) >= 11 is 0. The van der Waals surface area contributed by atoms with Crippen LogP contribution in [0.2, 0.25) is 0 Å². The molecule has 0 spiro atoms. The summed E-state index contributed by atoms with van der Waals surface area (Å²) in [6.45, 7) is 5.56. The van der Waals surface area contributed by atoms with Crippen molar-refractivity contribution in [3.8, 4) is 44.9 Å². The van der Waals surface area contributed by atoms with Crippen LogP contribution in [0.25, 0.3) is 33.4 Å². The van der Waals surface area contributed by atoms with Crippen LogP contribution in [0.15, 0.2) is 72.8 Å². The Morgan fingerprint density at radius 3 is 1.83 bits per heavy atom. The number of nitrogens with zero attached hydrogens (tertiary/aromatic N) is 1. The molecule has 1 aliphatic rings. The Kier molecular flexibility index (Phi) is 8.95. The number of aliphatic hydroxyl groups is 1. The third-order valence-corrected chi connectivity index (χ3v) is 8.60. The normalized spacial score (nSPS) is 15.4. The van der Waals surface area contributed by atoms with Gasteiger partial charge in [-0.3, -0.25) is 9.69 Å². The predicted octanol–water partition coefficient (Wildman–Crippen LogP) is 7.25. The molecule has 6 nitrogen and oxygen atoms in total.